The van der Waals surface area contributed by atoms with Gasteiger partial charge in [0.25, 0.3) is 5.91 Å². The van der Waals surface area contributed by atoms with E-state index in [0.29, 0.717) is 35.9 Å². The minimum Gasteiger partial charge on any atom is -0.481 e. The molecule has 9 heteroatoms. The van der Waals surface area contributed by atoms with Gasteiger partial charge in [-0.2, -0.15) is 0 Å². The number of hydrogen-bond donors (Lipinski definition) is 2. The van der Waals surface area contributed by atoms with Gasteiger partial charge in [0.05, 0.1) is 13.2 Å². The zero-order valence-corrected chi connectivity index (χ0v) is 19.6. The van der Waals surface area contributed by atoms with Gasteiger partial charge in [-0.1, -0.05) is 18.2 Å². The highest BCUT2D eigenvalue weighted by molar-refractivity contribution is 5.94. The zero-order valence-electron chi connectivity index (χ0n) is 19.6. The van der Waals surface area contributed by atoms with Crippen molar-refractivity contribution in [2.45, 2.75) is 25.6 Å². The summed E-state index contributed by atoms with van der Waals surface area (Å²) in [5, 5.41) is 6.42. The Labute approximate surface area is 203 Å². The third-order valence-electron chi connectivity index (χ3n) is 6.16. The number of ether oxygens (including phenoxy) is 3. The summed E-state index contributed by atoms with van der Waals surface area (Å²) in [6, 6.07) is 16.6. The highest BCUT2D eigenvalue weighted by atomic mass is 16.7. The van der Waals surface area contributed by atoms with Crippen LogP contribution in [0.15, 0.2) is 54.6 Å². The van der Waals surface area contributed by atoms with Gasteiger partial charge >= 0.3 is 0 Å². The molecule has 0 bridgehead atoms. The maximum absolute atomic E-state index is 12.5. The van der Waals surface area contributed by atoms with Gasteiger partial charge in [-0.25, -0.2) is 4.98 Å². The predicted molar refractivity (Wildman–Crippen MR) is 133 cm³/mol. The standard InChI is InChI=1S/C26H28N4O5/c1-18(31)27-20-5-3-6-21(16-20)28-24(32)17-33-22-7-2-4-19-8-9-23(29-25(19)22)30-12-10-26(11-13-30)34-14-15-35-26/h2-9,16H,10-15,17H2,1H3,(H,27,31)(H,28,32). The van der Waals surface area contributed by atoms with Crippen LogP contribution in [0.2, 0.25) is 0 Å². The van der Waals surface area contributed by atoms with E-state index >= 15 is 0 Å². The first kappa shape index (κ1) is 23.1. The molecule has 2 aromatic carbocycles. The van der Waals surface area contributed by atoms with Gasteiger partial charge in [-0.15, -0.1) is 0 Å². The molecule has 0 unspecified atom stereocenters. The largest absolute Gasteiger partial charge is 0.481 e. The molecule has 9 nitrogen and oxygen atoms in total. The summed E-state index contributed by atoms with van der Waals surface area (Å²) in [5.74, 6) is 0.486. The number of carbonyl (C=O) groups is 2. The molecule has 2 saturated heterocycles. The van der Waals surface area contributed by atoms with Crippen molar-refractivity contribution in [3.05, 3.63) is 54.6 Å². The number of rotatable bonds is 6. The molecule has 2 N–H and O–H groups in total. The molecule has 2 aliphatic heterocycles. The van der Waals surface area contributed by atoms with Crippen LogP contribution in [0.3, 0.4) is 0 Å². The van der Waals surface area contributed by atoms with Crippen LogP contribution < -0.4 is 20.3 Å². The van der Waals surface area contributed by atoms with E-state index in [4.69, 9.17) is 19.2 Å². The van der Waals surface area contributed by atoms with Gasteiger partial charge in [-0.3, -0.25) is 9.59 Å². The lowest BCUT2D eigenvalue weighted by molar-refractivity contribution is -0.169. The molecular formula is C26H28N4O5. The number of aromatic nitrogens is 1. The molecule has 3 aromatic rings. The fourth-order valence-corrected chi connectivity index (χ4v) is 4.48. The number of hydrogen-bond acceptors (Lipinski definition) is 7. The number of piperidine rings is 1. The number of carbonyl (C=O) groups excluding carboxylic acids is 2. The Morgan fingerprint density at radius 1 is 1.00 bits per heavy atom. The topological polar surface area (TPSA) is 102 Å². The van der Waals surface area contributed by atoms with E-state index < -0.39 is 5.79 Å². The number of pyridine rings is 1. The number of anilines is 3. The summed E-state index contributed by atoms with van der Waals surface area (Å²) in [7, 11) is 0. The van der Waals surface area contributed by atoms with E-state index in [9.17, 15) is 9.59 Å². The Bertz CT molecular complexity index is 1230. The molecule has 35 heavy (non-hydrogen) atoms. The summed E-state index contributed by atoms with van der Waals surface area (Å²) in [5.41, 5.74) is 1.89. The van der Waals surface area contributed by atoms with Crippen LogP contribution in [-0.2, 0) is 19.1 Å². The van der Waals surface area contributed by atoms with E-state index in [1.807, 2.05) is 30.3 Å². The first-order valence-corrected chi connectivity index (χ1v) is 11.7. The fraction of sp³-hybridized carbons (Fsp3) is 0.346. The normalized spacial score (nSPS) is 16.9. The molecule has 0 saturated carbocycles. The summed E-state index contributed by atoms with van der Waals surface area (Å²) < 4.78 is 17.5. The maximum Gasteiger partial charge on any atom is 0.262 e. The van der Waals surface area contributed by atoms with Crippen LogP contribution in [-0.4, -0.2) is 55.5 Å². The fourth-order valence-electron chi connectivity index (χ4n) is 4.48. The molecule has 2 aliphatic rings. The number of para-hydroxylation sites is 1. The quantitative estimate of drug-likeness (QED) is 0.561. The van der Waals surface area contributed by atoms with E-state index in [0.717, 1.165) is 37.1 Å². The SMILES string of the molecule is CC(=O)Nc1cccc(NC(=O)COc2cccc3ccc(N4CCC5(CC4)OCCO5)nc23)c1. The smallest absolute Gasteiger partial charge is 0.262 e. The van der Waals surface area contributed by atoms with Crippen LogP contribution in [0.1, 0.15) is 19.8 Å². The van der Waals surface area contributed by atoms with Crippen molar-refractivity contribution in [2.24, 2.45) is 0 Å². The minimum atomic E-state index is -0.434. The molecule has 5 rings (SSSR count). The van der Waals surface area contributed by atoms with E-state index in [1.54, 1.807) is 24.3 Å². The van der Waals surface area contributed by atoms with Crippen molar-refractivity contribution in [2.75, 3.05) is 48.4 Å². The van der Waals surface area contributed by atoms with E-state index in [1.165, 1.54) is 6.92 Å². The maximum atomic E-state index is 12.5. The Hall–Kier alpha value is -3.69. The first-order valence-electron chi connectivity index (χ1n) is 11.7. The van der Waals surface area contributed by atoms with Crippen molar-refractivity contribution >= 4 is 39.9 Å². The van der Waals surface area contributed by atoms with E-state index in [-0.39, 0.29) is 18.4 Å². The van der Waals surface area contributed by atoms with Gasteiger partial charge < -0.3 is 29.7 Å². The number of nitrogens with one attached hydrogen (secondary N) is 2. The van der Waals surface area contributed by atoms with Crippen LogP contribution in [0.25, 0.3) is 10.9 Å². The Morgan fingerprint density at radius 2 is 1.71 bits per heavy atom. The Morgan fingerprint density at radius 3 is 2.46 bits per heavy atom. The highest BCUT2D eigenvalue weighted by Crippen LogP contribution is 2.34. The van der Waals surface area contributed by atoms with Gasteiger partial charge in [0.2, 0.25) is 5.91 Å². The molecule has 1 spiro atoms. The molecule has 0 aliphatic carbocycles. The summed E-state index contributed by atoms with van der Waals surface area (Å²) in [6.45, 7) is 4.16. The lowest BCUT2D eigenvalue weighted by Gasteiger charge is -2.38. The molecule has 0 radical (unpaired) electrons. The molecule has 2 fully saturated rings. The Balaban J connectivity index is 1.25. The third kappa shape index (κ3) is 5.36. The number of nitrogens with zero attached hydrogens (tertiary/aromatic N) is 2. The number of fused-ring (bicyclic) bond motifs is 1. The lowest BCUT2D eigenvalue weighted by Crippen LogP contribution is -2.45. The second kappa shape index (κ2) is 9.89. The van der Waals surface area contributed by atoms with Gasteiger partial charge in [0, 0.05) is 49.6 Å². The second-order valence-corrected chi connectivity index (χ2v) is 8.69. The van der Waals surface area contributed by atoms with Crippen molar-refractivity contribution in [1.29, 1.82) is 0 Å². The van der Waals surface area contributed by atoms with Crippen molar-refractivity contribution in [3.8, 4) is 5.75 Å². The summed E-state index contributed by atoms with van der Waals surface area (Å²) in [6.07, 6.45) is 1.60. The average molecular weight is 477 g/mol. The molecule has 182 valence electrons. The van der Waals surface area contributed by atoms with Crippen molar-refractivity contribution < 1.29 is 23.8 Å². The lowest BCUT2D eigenvalue weighted by atomic mass is 10.0. The summed E-state index contributed by atoms with van der Waals surface area (Å²) in [4.78, 5) is 30.9. The molecule has 2 amide bonds. The minimum absolute atomic E-state index is 0.170. The predicted octanol–water partition coefficient (Wildman–Crippen LogP) is 3.55. The highest BCUT2D eigenvalue weighted by Gasteiger charge is 2.40. The second-order valence-electron chi connectivity index (χ2n) is 8.69. The van der Waals surface area contributed by atoms with E-state index in [2.05, 4.69) is 15.5 Å². The van der Waals surface area contributed by atoms with Crippen LogP contribution in [0, 0.1) is 0 Å². The van der Waals surface area contributed by atoms with Crippen LogP contribution in [0.5, 0.6) is 5.75 Å². The van der Waals surface area contributed by atoms with Crippen molar-refractivity contribution in [3.63, 3.8) is 0 Å². The van der Waals surface area contributed by atoms with Gasteiger partial charge in [-0.05, 0) is 36.4 Å². The Kier molecular flexibility index (Phi) is 6.52. The number of benzene rings is 2. The third-order valence-corrected chi connectivity index (χ3v) is 6.16. The molecule has 1 aromatic heterocycles. The zero-order chi connectivity index (χ0) is 24.3. The molecule has 0 atom stereocenters. The monoisotopic (exact) mass is 476 g/mol. The van der Waals surface area contributed by atoms with Crippen LogP contribution >= 0.6 is 0 Å². The molecule has 3 heterocycles. The van der Waals surface area contributed by atoms with Gasteiger partial charge in [0.15, 0.2) is 12.4 Å². The van der Waals surface area contributed by atoms with Gasteiger partial charge in [0.1, 0.15) is 17.1 Å². The molecular weight excluding hydrogens is 448 g/mol. The van der Waals surface area contributed by atoms with Crippen LogP contribution in [0.4, 0.5) is 17.2 Å². The average Bonchev–Trinajstić information content (AvgIpc) is 3.30. The van der Waals surface area contributed by atoms with Crippen molar-refractivity contribution in [1.82, 2.24) is 4.98 Å². The first-order chi connectivity index (χ1) is 17.0. The summed E-state index contributed by atoms with van der Waals surface area (Å²) >= 11 is 0. The number of amides is 2.